The highest BCUT2D eigenvalue weighted by Gasteiger charge is 2.34. The Balaban J connectivity index is 1.58. The van der Waals surface area contributed by atoms with Gasteiger partial charge >= 0.3 is 0 Å². The Labute approximate surface area is 187 Å². The summed E-state index contributed by atoms with van der Waals surface area (Å²) in [5.41, 5.74) is 2.27. The third kappa shape index (κ3) is 4.81. The number of hydrogen-bond donors (Lipinski definition) is 3. The van der Waals surface area contributed by atoms with E-state index in [-0.39, 0.29) is 23.7 Å². The molecule has 7 nitrogen and oxygen atoms in total. The number of rotatable bonds is 5. The fraction of sp³-hybridized carbons (Fsp3) is 0.182. The van der Waals surface area contributed by atoms with Gasteiger partial charge in [0.15, 0.2) is 5.16 Å². The number of benzene rings is 2. The topological polar surface area (TPSA) is 104 Å². The normalized spacial score (nSPS) is 15.2. The van der Waals surface area contributed by atoms with E-state index in [1.54, 1.807) is 18.2 Å². The number of aryl methyl sites for hydroxylation is 1. The largest absolute Gasteiger partial charge is 0.325 e. The lowest BCUT2D eigenvalue weighted by Crippen LogP contribution is -2.36. The second-order valence-electron chi connectivity index (χ2n) is 7.16. The lowest BCUT2D eigenvalue weighted by atomic mass is 9.92. The number of nitrogens with zero attached hydrogens (tertiary/aromatic N) is 1. The van der Waals surface area contributed by atoms with E-state index in [4.69, 9.17) is 11.6 Å². The van der Waals surface area contributed by atoms with Gasteiger partial charge in [0.25, 0.3) is 5.56 Å². The molecule has 9 heteroatoms. The average Bonchev–Trinajstić information content (AvgIpc) is 2.74. The van der Waals surface area contributed by atoms with E-state index in [9.17, 15) is 14.4 Å². The molecule has 2 heterocycles. The minimum atomic E-state index is -0.921. The zero-order valence-corrected chi connectivity index (χ0v) is 18.1. The lowest BCUT2D eigenvalue weighted by Gasteiger charge is -2.23. The Morgan fingerprint density at radius 3 is 2.68 bits per heavy atom. The highest BCUT2D eigenvalue weighted by molar-refractivity contribution is 7.98. The van der Waals surface area contributed by atoms with E-state index < -0.39 is 17.4 Å². The summed E-state index contributed by atoms with van der Waals surface area (Å²) in [6.45, 7) is 1.87. The second kappa shape index (κ2) is 8.95. The van der Waals surface area contributed by atoms with E-state index >= 15 is 0 Å². The second-order valence-corrected chi connectivity index (χ2v) is 8.56. The number of para-hydroxylation sites is 1. The minimum absolute atomic E-state index is 0.118. The van der Waals surface area contributed by atoms with Gasteiger partial charge in [0.1, 0.15) is 5.82 Å². The fourth-order valence-corrected chi connectivity index (χ4v) is 4.25. The number of hydrogen-bond acceptors (Lipinski definition) is 5. The number of amides is 2. The van der Waals surface area contributed by atoms with Gasteiger partial charge in [0.05, 0.1) is 11.5 Å². The van der Waals surface area contributed by atoms with Crippen molar-refractivity contribution >= 4 is 46.7 Å². The van der Waals surface area contributed by atoms with Gasteiger partial charge < -0.3 is 15.6 Å². The predicted molar refractivity (Wildman–Crippen MR) is 122 cm³/mol. The molecular weight excluding hydrogens is 436 g/mol. The molecule has 0 bridgehead atoms. The van der Waals surface area contributed by atoms with Crippen molar-refractivity contribution in [1.82, 2.24) is 9.97 Å². The van der Waals surface area contributed by atoms with Crippen LogP contribution in [0.4, 0.5) is 11.5 Å². The number of aromatic nitrogens is 2. The zero-order chi connectivity index (χ0) is 22.0. The van der Waals surface area contributed by atoms with E-state index in [1.165, 1.54) is 11.8 Å². The molecule has 1 aliphatic rings. The third-order valence-corrected chi connectivity index (χ3v) is 6.13. The number of fused-ring (bicyclic) bond motifs is 1. The van der Waals surface area contributed by atoms with Crippen molar-refractivity contribution in [1.29, 1.82) is 0 Å². The Morgan fingerprint density at radius 1 is 1.19 bits per heavy atom. The van der Waals surface area contributed by atoms with Crippen LogP contribution in [0.15, 0.2) is 58.5 Å². The van der Waals surface area contributed by atoms with Crippen LogP contribution in [0.5, 0.6) is 0 Å². The molecule has 0 fully saturated rings. The third-order valence-electron chi connectivity index (χ3n) is 4.94. The quantitative estimate of drug-likeness (QED) is 0.398. The average molecular weight is 455 g/mol. The lowest BCUT2D eigenvalue weighted by molar-refractivity contribution is -0.123. The van der Waals surface area contributed by atoms with Gasteiger partial charge in [-0.1, -0.05) is 53.7 Å². The molecule has 4 rings (SSSR count). The summed E-state index contributed by atoms with van der Waals surface area (Å²) in [6.07, 6.45) is -0.118. The molecule has 31 heavy (non-hydrogen) atoms. The first-order chi connectivity index (χ1) is 14.9. The Bertz CT molecular complexity index is 1210. The molecule has 3 N–H and O–H groups in total. The number of anilines is 2. The number of nitrogens with one attached hydrogen (secondary N) is 3. The van der Waals surface area contributed by atoms with Crippen LogP contribution in [-0.4, -0.2) is 21.8 Å². The first-order valence-corrected chi connectivity index (χ1v) is 10.9. The van der Waals surface area contributed by atoms with Crippen LogP contribution in [0.1, 0.15) is 29.0 Å². The van der Waals surface area contributed by atoms with E-state index in [1.807, 2.05) is 37.3 Å². The molecule has 1 aliphatic heterocycles. The molecule has 0 saturated heterocycles. The van der Waals surface area contributed by atoms with Gasteiger partial charge in [-0.15, -0.1) is 0 Å². The number of thioether (sulfide) groups is 1. The zero-order valence-electron chi connectivity index (χ0n) is 16.6. The minimum Gasteiger partial charge on any atom is -0.325 e. The fourth-order valence-electron chi connectivity index (χ4n) is 3.31. The Morgan fingerprint density at radius 2 is 1.94 bits per heavy atom. The first-order valence-electron chi connectivity index (χ1n) is 9.58. The maximum absolute atomic E-state index is 12.9. The van der Waals surface area contributed by atoms with Crippen LogP contribution in [0.2, 0.25) is 5.02 Å². The molecular formula is C22H19ClN4O3S. The van der Waals surface area contributed by atoms with Crippen LogP contribution in [0, 0.1) is 6.92 Å². The molecule has 0 saturated carbocycles. The van der Waals surface area contributed by atoms with Gasteiger partial charge in [-0.2, -0.15) is 0 Å². The van der Waals surface area contributed by atoms with Crippen molar-refractivity contribution in [3.8, 4) is 0 Å². The summed E-state index contributed by atoms with van der Waals surface area (Å²) >= 11 is 7.22. The summed E-state index contributed by atoms with van der Waals surface area (Å²) in [6, 6.07) is 14.7. The van der Waals surface area contributed by atoms with Crippen LogP contribution >= 0.6 is 23.4 Å². The van der Waals surface area contributed by atoms with E-state index in [2.05, 4.69) is 20.6 Å². The number of aromatic amines is 1. The number of H-pyrrole nitrogens is 1. The van der Waals surface area contributed by atoms with Crippen LogP contribution in [0.25, 0.3) is 0 Å². The van der Waals surface area contributed by atoms with Crippen LogP contribution in [-0.2, 0) is 15.3 Å². The predicted octanol–water partition coefficient (Wildman–Crippen LogP) is 4.09. The van der Waals surface area contributed by atoms with Gasteiger partial charge in [-0.05, 0) is 36.2 Å². The highest BCUT2D eigenvalue weighted by atomic mass is 35.5. The van der Waals surface area contributed by atoms with Crippen LogP contribution < -0.4 is 16.2 Å². The van der Waals surface area contributed by atoms with Crippen molar-refractivity contribution in [3.05, 3.63) is 80.6 Å². The molecule has 0 spiro atoms. The van der Waals surface area contributed by atoms with Gasteiger partial charge in [-0.3, -0.25) is 14.4 Å². The summed E-state index contributed by atoms with van der Waals surface area (Å²) in [7, 11) is 0. The van der Waals surface area contributed by atoms with Crippen LogP contribution in [0.3, 0.4) is 0 Å². The van der Waals surface area contributed by atoms with Crippen molar-refractivity contribution in [3.63, 3.8) is 0 Å². The molecule has 1 aromatic heterocycles. The summed E-state index contributed by atoms with van der Waals surface area (Å²) in [5, 5.41) is 6.45. The molecule has 3 aromatic rings. The molecule has 0 unspecified atom stereocenters. The van der Waals surface area contributed by atoms with Crippen molar-refractivity contribution in [2.75, 3.05) is 10.6 Å². The monoisotopic (exact) mass is 454 g/mol. The van der Waals surface area contributed by atoms with E-state index in [0.717, 1.165) is 11.1 Å². The van der Waals surface area contributed by atoms with Crippen molar-refractivity contribution < 1.29 is 9.59 Å². The summed E-state index contributed by atoms with van der Waals surface area (Å²) < 4.78 is 0. The smallest absolute Gasteiger partial charge is 0.257 e. The molecule has 158 valence electrons. The highest BCUT2D eigenvalue weighted by Crippen LogP contribution is 2.31. The SMILES string of the molecule is Cc1ccccc1NC(=O)[C@@H]1CC(=O)Nc2nc(SCc3ccc(Cl)cc3)[nH]c(=O)c21. The van der Waals surface area contributed by atoms with Gasteiger partial charge in [-0.25, -0.2) is 4.98 Å². The Hall–Kier alpha value is -3.10. The van der Waals surface area contributed by atoms with E-state index in [0.29, 0.717) is 21.6 Å². The van der Waals surface area contributed by atoms with Gasteiger partial charge in [0.2, 0.25) is 11.8 Å². The first kappa shape index (κ1) is 21.1. The Kier molecular flexibility index (Phi) is 6.11. The molecule has 2 amide bonds. The summed E-state index contributed by atoms with van der Waals surface area (Å²) in [5.74, 6) is -1.01. The maximum Gasteiger partial charge on any atom is 0.257 e. The maximum atomic E-state index is 12.9. The molecule has 1 atom stereocenters. The number of carbonyl (C=O) groups excluding carboxylic acids is 2. The molecule has 2 aromatic carbocycles. The number of carbonyl (C=O) groups is 2. The van der Waals surface area contributed by atoms with Gasteiger partial charge in [0, 0.05) is 22.9 Å². The van der Waals surface area contributed by atoms with Crippen molar-refractivity contribution in [2.24, 2.45) is 0 Å². The summed E-state index contributed by atoms with van der Waals surface area (Å²) in [4.78, 5) is 45.1. The molecule has 0 aliphatic carbocycles. The van der Waals surface area contributed by atoms with Crippen molar-refractivity contribution in [2.45, 2.75) is 30.2 Å². The number of halogens is 1. The standard InChI is InChI=1S/C22H19ClN4O3S/c1-12-4-2-3-5-16(12)24-20(29)15-10-17(28)25-19-18(15)21(30)27-22(26-19)31-11-13-6-8-14(23)9-7-13/h2-9,15H,10-11H2,1H3,(H,24,29)(H2,25,26,27,28,30)/t15-/m1/s1. The molecule has 0 radical (unpaired) electrons.